The van der Waals surface area contributed by atoms with Gasteiger partial charge in [0.2, 0.25) is 5.91 Å². The number of nitrogens with one attached hydrogen (secondary N) is 1. The van der Waals surface area contributed by atoms with Crippen LogP contribution in [0.4, 0.5) is 0 Å². The molecule has 6 rings (SSSR count). The minimum Gasteiger partial charge on any atom is -0.464 e. The zero-order valence-corrected chi connectivity index (χ0v) is 19.2. The fraction of sp³-hybridized carbons (Fsp3) is 0.696. The Bertz CT molecular complexity index is 1190. The van der Waals surface area contributed by atoms with Gasteiger partial charge in [-0.05, 0) is 56.3 Å². The Hall–Kier alpha value is -2.91. The number of nitrogens with zero attached hydrogens (tertiary/aromatic N) is 4. The maximum Gasteiger partial charge on any atom is 0.332 e. The zero-order valence-electron chi connectivity index (χ0n) is 19.2. The van der Waals surface area contributed by atoms with Crippen molar-refractivity contribution in [1.82, 2.24) is 24.0 Å². The van der Waals surface area contributed by atoms with E-state index in [1.165, 1.54) is 37.2 Å². The summed E-state index contributed by atoms with van der Waals surface area (Å²) in [5, 5.41) is 2.99. The van der Waals surface area contributed by atoms with Crippen LogP contribution in [0.2, 0.25) is 0 Å². The lowest BCUT2D eigenvalue weighted by Gasteiger charge is -2.55. The van der Waals surface area contributed by atoms with Crippen LogP contribution in [0.5, 0.6) is 0 Å². The molecule has 0 spiro atoms. The van der Waals surface area contributed by atoms with E-state index in [1.54, 1.807) is 11.6 Å². The van der Waals surface area contributed by atoms with Crippen LogP contribution in [-0.4, -0.2) is 43.7 Å². The first-order valence-corrected chi connectivity index (χ1v) is 11.8. The molecule has 2 heterocycles. The van der Waals surface area contributed by atoms with Gasteiger partial charge in [-0.25, -0.2) is 9.78 Å². The summed E-state index contributed by atoms with van der Waals surface area (Å²) in [4.78, 5) is 53.8. The highest BCUT2D eigenvalue weighted by atomic mass is 16.5. The fourth-order valence-electron chi connectivity index (χ4n) is 6.75. The van der Waals surface area contributed by atoms with E-state index in [9.17, 15) is 19.2 Å². The molecule has 0 unspecified atom stereocenters. The molecule has 0 atom stereocenters. The van der Waals surface area contributed by atoms with Crippen LogP contribution in [0.15, 0.2) is 15.9 Å². The van der Waals surface area contributed by atoms with Gasteiger partial charge in [-0.1, -0.05) is 0 Å². The topological polar surface area (TPSA) is 117 Å². The van der Waals surface area contributed by atoms with Crippen molar-refractivity contribution in [1.29, 1.82) is 0 Å². The smallest absolute Gasteiger partial charge is 0.332 e. The molecule has 1 amide bonds. The quantitative estimate of drug-likeness (QED) is 0.612. The van der Waals surface area contributed by atoms with Gasteiger partial charge in [0, 0.05) is 26.1 Å². The number of imidazole rings is 1. The molecule has 0 saturated heterocycles. The Balaban J connectivity index is 1.11. The third-order valence-electron chi connectivity index (χ3n) is 7.95. The number of aromatic nitrogens is 4. The Kier molecular flexibility index (Phi) is 5.41. The lowest BCUT2D eigenvalue weighted by Crippen LogP contribution is -2.53. The van der Waals surface area contributed by atoms with Crippen molar-refractivity contribution in [3.05, 3.63) is 27.2 Å². The van der Waals surface area contributed by atoms with E-state index in [0.29, 0.717) is 28.9 Å². The number of carbonyl (C=O) groups excluding carboxylic acids is 2. The Labute approximate surface area is 190 Å². The molecular formula is C23H31N5O5. The second kappa shape index (κ2) is 8.14. The molecule has 2 aromatic heterocycles. The van der Waals surface area contributed by atoms with Gasteiger partial charge in [-0.15, -0.1) is 0 Å². The van der Waals surface area contributed by atoms with Gasteiger partial charge in [-0.2, -0.15) is 0 Å². The van der Waals surface area contributed by atoms with Crippen LogP contribution in [0.25, 0.3) is 11.2 Å². The Morgan fingerprint density at radius 3 is 2.36 bits per heavy atom. The summed E-state index contributed by atoms with van der Waals surface area (Å²) in [6, 6.07) is 0. The SMILES string of the molecule is Cn1c(=O)c2c(ncn2CCOC(=O)CCNC(=O)C23CC4CC(CC(C4)C2)C3)n(C)c1=O. The highest BCUT2D eigenvalue weighted by molar-refractivity contribution is 5.83. The number of hydrogen-bond acceptors (Lipinski definition) is 6. The van der Waals surface area contributed by atoms with Crippen molar-refractivity contribution < 1.29 is 14.3 Å². The molecule has 1 N–H and O–H groups in total. The van der Waals surface area contributed by atoms with E-state index in [0.717, 1.165) is 23.8 Å². The van der Waals surface area contributed by atoms with E-state index >= 15 is 0 Å². The van der Waals surface area contributed by atoms with E-state index in [1.807, 2.05) is 0 Å². The van der Waals surface area contributed by atoms with Gasteiger partial charge < -0.3 is 14.6 Å². The molecule has 4 fully saturated rings. The summed E-state index contributed by atoms with van der Waals surface area (Å²) < 4.78 is 9.22. The summed E-state index contributed by atoms with van der Waals surface area (Å²) in [5.74, 6) is 1.81. The third-order valence-corrected chi connectivity index (χ3v) is 7.95. The monoisotopic (exact) mass is 457 g/mol. The maximum absolute atomic E-state index is 13.0. The molecular weight excluding hydrogens is 426 g/mol. The molecule has 0 radical (unpaired) electrons. The average molecular weight is 458 g/mol. The summed E-state index contributed by atoms with van der Waals surface area (Å²) in [6.07, 6.45) is 8.43. The summed E-state index contributed by atoms with van der Waals surface area (Å²) in [5.41, 5.74) is -0.516. The number of rotatable bonds is 7. The minimum atomic E-state index is -0.445. The predicted molar refractivity (Wildman–Crippen MR) is 119 cm³/mol. The van der Waals surface area contributed by atoms with Gasteiger partial charge in [0.1, 0.15) is 6.61 Å². The van der Waals surface area contributed by atoms with Crippen LogP contribution in [0, 0.1) is 23.2 Å². The molecule has 0 aromatic carbocycles. The summed E-state index contributed by atoms with van der Waals surface area (Å²) >= 11 is 0. The fourth-order valence-corrected chi connectivity index (χ4v) is 6.75. The first kappa shape index (κ1) is 21.9. The van der Waals surface area contributed by atoms with Crippen molar-refractivity contribution in [2.45, 2.75) is 51.5 Å². The molecule has 10 nitrogen and oxygen atoms in total. The highest BCUT2D eigenvalue weighted by Gasteiger charge is 2.54. The maximum atomic E-state index is 13.0. The van der Waals surface area contributed by atoms with Gasteiger partial charge in [0.25, 0.3) is 5.56 Å². The molecule has 10 heteroatoms. The summed E-state index contributed by atoms with van der Waals surface area (Å²) in [7, 11) is 2.97. The van der Waals surface area contributed by atoms with Gasteiger partial charge in [0.05, 0.1) is 19.3 Å². The Morgan fingerprint density at radius 1 is 1.09 bits per heavy atom. The van der Waals surface area contributed by atoms with Crippen LogP contribution < -0.4 is 16.6 Å². The zero-order chi connectivity index (χ0) is 23.3. The number of hydrogen-bond donors (Lipinski definition) is 1. The van der Waals surface area contributed by atoms with Crippen molar-refractivity contribution in [3.8, 4) is 0 Å². The lowest BCUT2D eigenvalue weighted by molar-refractivity contribution is -0.147. The molecule has 4 saturated carbocycles. The van der Waals surface area contributed by atoms with E-state index in [4.69, 9.17) is 4.74 Å². The molecule has 4 bridgehead atoms. The normalized spacial score (nSPS) is 27.8. The predicted octanol–water partition coefficient (Wildman–Crippen LogP) is 0.700. The molecule has 178 valence electrons. The second-order valence-electron chi connectivity index (χ2n) is 10.2. The standard InChI is InChI=1S/C23H31N5O5/c1-26-19-18(20(30)27(2)22(26)32)28(13-25-19)5-6-33-17(29)3-4-24-21(31)23-10-14-7-15(11-23)9-16(8-14)12-23/h13-16H,3-12H2,1-2H3,(H,24,31). The number of carbonyl (C=O) groups is 2. The van der Waals surface area contributed by atoms with E-state index in [-0.39, 0.29) is 37.4 Å². The summed E-state index contributed by atoms with van der Waals surface area (Å²) in [6.45, 7) is 0.588. The number of amides is 1. The van der Waals surface area contributed by atoms with Crippen molar-refractivity contribution in [3.63, 3.8) is 0 Å². The van der Waals surface area contributed by atoms with Gasteiger partial charge in [0.15, 0.2) is 11.2 Å². The van der Waals surface area contributed by atoms with Gasteiger partial charge >= 0.3 is 11.7 Å². The van der Waals surface area contributed by atoms with E-state index < -0.39 is 17.2 Å². The number of esters is 1. The number of fused-ring (bicyclic) bond motifs is 1. The number of ether oxygens (including phenoxy) is 1. The molecule has 33 heavy (non-hydrogen) atoms. The Morgan fingerprint density at radius 2 is 1.73 bits per heavy atom. The first-order valence-electron chi connectivity index (χ1n) is 11.8. The third kappa shape index (κ3) is 3.79. The molecule has 4 aliphatic carbocycles. The van der Waals surface area contributed by atoms with Crippen LogP contribution in [0.1, 0.15) is 44.9 Å². The molecule has 4 aliphatic rings. The average Bonchev–Trinajstić information content (AvgIpc) is 3.19. The number of aryl methyl sites for hydroxylation is 1. The first-order chi connectivity index (χ1) is 15.8. The van der Waals surface area contributed by atoms with Crippen LogP contribution in [-0.2, 0) is 35.0 Å². The minimum absolute atomic E-state index is 0.0687. The van der Waals surface area contributed by atoms with Crippen molar-refractivity contribution in [2.24, 2.45) is 37.3 Å². The van der Waals surface area contributed by atoms with Crippen LogP contribution >= 0.6 is 0 Å². The van der Waals surface area contributed by atoms with Gasteiger partial charge in [-0.3, -0.25) is 23.5 Å². The molecule has 2 aromatic rings. The van der Waals surface area contributed by atoms with Crippen LogP contribution in [0.3, 0.4) is 0 Å². The van der Waals surface area contributed by atoms with E-state index in [2.05, 4.69) is 10.3 Å². The largest absolute Gasteiger partial charge is 0.464 e. The second-order valence-corrected chi connectivity index (χ2v) is 10.2. The highest BCUT2D eigenvalue weighted by Crippen LogP contribution is 2.60. The molecule has 0 aliphatic heterocycles. The van der Waals surface area contributed by atoms with Crippen molar-refractivity contribution >= 4 is 23.0 Å². The lowest BCUT2D eigenvalue weighted by atomic mass is 9.49. The van der Waals surface area contributed by atoms with Crippen molar-refractivity contribution in [2.75, 3.05) is 13.2 Å².